The van der Waals surface area contributed by atoms with Crippen LogP contribution in [0.5, 0.6) is 0 Å². The molecule has 1 saturated heterocycles. The Bertz CT molecular complexity index is 194. The molecule has 0 aromatic rings. The van der Waals surface area contributed by atoms with Crippen molar-refractivity contribution in [2.75, 3.05) is 13.1 Å². The van der Waals surface area contributed by atoms with Crippen molar-refractivity contribution in [3.8, 4) is 0 Å². The Kier molecular flexibility index (Phi) is 3.27. The summed E-state index contributed by atoms with van der Waals surface area (Å²) in [6.07, 6.45) is 0.276. The third-order valence-electron chi connectivity index (χ3n) is 2.52. The molecule has 1 aliphatic heterocycles. The summed E-state index contributed by atoms with van der Waals surface area (Å²) in [6, 6.07) is -0.348. The number of nitrogens with two attached hydrogens (primary N) is 1. The Balaban J connectivity index is 2.42. The normalized spacial score (nSPS) is 25.8. The molecule has 1 rings (SSSR count). The molecule has 3 N–H and O–H groups in total. The average molecular weight is 186 g/mol. The van der Waals surface area contributed by atoms with Gasteiger partial charge in [-0.05, 0) is 12.3 Å². The van der Waals surface area contributed by atoms with Crippen LogP contribution in [0.15, 0.2) is 0 Å². The van der Waals surface area contributed by atoms with Crippen LogP contribution in [-0.4, -0.2) is 41.1 Å². The van der Waals surface area contributed by atoms with Crippen LogP contribution in [-0.2, 0) is 4.79 Å². The third-order valence-corrected chi connectivity index (χ3v) is 2.52. The van der Waals surface area contributed by atoms with E-state index in [1.54, 1.807) is 4.90 Å². The second-order valence-corrected chi connectivity index (χ2v) is 3.99. The van der Waals surface area contributed by atoms with E-state index in [4.69, 9.17) is 5.73 Å². The summed E-state index contributed by atoms with van der Waals surface area (Å²) in [5, 5.41) is 9.56. The van der Waals surface area contributed by atoms with Crippen molar-refractivity contribution in [2.45, 2.75) is 32.4 Å². The van der Waals surface area contributed by atoms with E-state index >= 15 is 0 Å². The van der Waals surface area contributed by atoms with Gasteiger partial charge in [0.2, 0.25) is 5.91 Å². The molecule has 0 aliphatic carbocycles. The Morgan fingerprint density at radius 3 is 2.69 bits per heavy atom. The number of hydrogen-bond acceptors (Lipinski definition) is 3. The maximum absolute atomic E-state index is 11.4. The number of carbonyl (C=O) groups excluding carboxylic acids is 1. The quantitative estimate of drug-likeness (QED) is 0.628. The lowest BCUT2D eigenvalue weighted by molar-refractivity contribution is -0.130. The summed E-state index contributed by atoms with van der Waals surface area (Å²) in [7, 11) is 0. The topological polar surface area (TPSA) is 66.6 Å². The van der Waals surface area contributed by atoms with E-state index < -0.39 is 6.10 Å². The number of hydrogen-bond donors (Lipinski definition) is 2. The van der Waals surface area contributed by atoms with Crippen molar-refractivity contribution in [1.82, 2.24) is 4.90 Å². The number of amides is 1. The first-order chi connectivity index (χ1) is 6.02. The summed E-state index contributed by atoms with van der Waals surface area (Å²) in [5.41, 5.74) is 5.55. The fraction of sp³-hybridized carbons (Fsp3) is 0.889. The Morgan fingerprint density at radius 2 is 2.31 bits per heavy atom. The number of rotatable bonds is 3. The summed E-state index contributed by atoms with van der Waals surface area (Å²) < 4.78 is 0. The molecule has 2 atom stereocenters. The zero-order chi connectivity index (χ0) is 10.0. The number of aliphatic hydroxyl groups excluding tert-OH is 1. The van der Waals surface area contributed by atoms with Gasteiger partial charge in [0.25, 0.3) is 0 Å². The molecule has 0 saturated carbocycles. The van der Waals surface area contributed by atoms with Crippen LogP contribution in [0.2, 0.25) is 0 Å². The molecule has 2 unspecified atom stereocenters. The molecule has 4 heteroatoms. The maximum atomic E-state index is 11.4. The number of likely N-dealkylation sites (tertiary alicyclic amines) is 1. The molecule has 1 amide bonds. The summed E-state index contributed by atoms with van der Waals surface area (Å²) in [6.45, 7) is 4.98. The highest BCUT2D eigenvalue weighted by molar-refractivity contribution is 5.83. The Labute approximate surface area is 78.7 Å². The SMILES string of the molecule is CC(C)C(O)CN1CCC(N)C1=O. The van der Waals surface area contributed by atoms with Crippen molar-refractivity contribution in [3.63, 3.8) is 0 Å². The van der Waals surface area contributed by atoms with Gasteiger partial charge in [-0.2, -0.15) is 0 Å². The van der Waals surface area contributed by atoms with E-state index in [0.717, 1.165) is 0 Å². The average Bonchev–Trinajstić information content (AvgIpc) is 2.36. The smallest absolute Gasteiger partial charge is 0.239 e. The lowest BCUT2D eigenvalue weighted by Crippen LogP contribution is -2.39. The van der Waals surface area contributed by atoms with Crippen LogP contribution in [0.1, 0.15) is 20.3 Å². The minimum atomic E-state index is -0.436. The molecule has 13 heavy (non-hydrogen) atoms. The van der Waals surface area contributed by atoms with E-state index in [2.05, 4.69) is 0 Å². The number of carbonyl (C=O) groups is 1. The van der Waals surface area contributed by atoms with Crippen LogP contribution in [0, 0.1) is 5.92 Å². The minimum Gasteiger partial charge on any atom is -0.391 e. The van der Waals surface area contributed by atoms with E-state index in [-0.39, 0.29) is 17.9 Å². The summed E-state index contributed by atoms with van der Waals surface area (Å²) in [5.74, 6) is 0.157. The number of β-amino-alcohol motifs (C(OH)–C–C–N with tert-alkyl or cyclic N) is 1. The molecule has 1 heterocycles. The molecule has 1 fully saturated rings. The number of aliphatic hydroxyl groups is 1. The van der Waals surface area contributed by atoms with Crippen LogP contribution in [0.4, 0.5) is 0 Å². The first-order valence-electron chi connectivity index (χ1n) is 4.74. The molecular weight excluding hydrogens is 168 g/mol. The molecule has 4 nitrogen and oxygen atoms in total. The second-order valence-electron chi connectivity index (χ2n) is 3.99. The predicted molar refractivity (Wildman–Crippen MR) is 50.0 cm³/mol. The molecule has 0 aromatic carbocycles. The molecule has 1 aliphatic rings. The molecule has 0 aromatic heterocycles. The largest absolute Gasteiger partial charge is 0.391 e. The monoisotopic (exact) mass is 186 g/mol. The second kappa shape index (κ2) is 4.07. The first kappa shape index (κ1) is 10.5. The van der Waals surface area contributed by atoms with Crippen LogP contribution in [0.25, 0.3) is 0 Å². The van der Waals surface area contributed by atoms with E-state index in [1.165, 1.54) is 0 Å². The zero-order valence-electron chi connectivity index (χ0n) is 8.23. The van der Waals surface area contributed by atoms with Crippen molar-refractivity contribution < 1.29 is 9.90 Å². The van der Waals surface area contributed by atoms with Crippen molar-refractivity contribution >= 4 is 5.91 Å². The van der Waals surface area contributed by atoms with Gasteiger partial charge < -0.3 is 15.7 Å². The van der Waals surface area contributed by atoms with Crippen LogP contribution >= 0.6 is 0 Å². The molecule has 0 spiro atoms. The molecular formula is C9H18N2O2. The first-order valence-corrected chi connectivity index (χ1v) is 4.74. The van der Waals surface area contributed by atoms with Crippen molar-refractivity contribution in [1.29, 1.82) is 0 Å². The highest BCUT2D eigenvalue weighted by Crippen LogP contribution is 2.12. The summed E-state index contributed by atoms with van der Waals surface area (Å²) in [4.78, 5) is 13.0. The van der Waals surface area contributed by atoms with Crippen molar-refractivity contribution in [3.05, 3.63) is 0 Å². The van der Waals surface area contributed by atoms with Gasteiger partial charge in [0.15, 0.2) is 0 Å². The van der Waals surface area contributed by atoms with E-state index in [0.29, 0.717) is 19.5 Å². The fourth-order valence-electron chi connectivity index (χ4n) is 1.38. The molecule has 0 radical (unpaired) electrons. The van der Waals surface area contributed by atoms with Gasteiger partial charge in [0.05, 0.1) is 12.1 Å². The van der Waals surface area contributed by atoms with E-state index in [1.807, 2.05) is 13.8 Å². The minimum absolute atomic E-state index is 0.0281. The summed E-state index contributed by atoms with van der Waals surface area (Å²) >= 11 is 0. The van der Waals surface area contributed by atoms with Crippen LogP contribution < -0.4 is 5.73 Å². The van der Waals surface area contributed by atoms with Crippen LogP contribution in [0.3, 0.4) is 0 Å². The predicted octanol–water partition coefficient (Wildman–Crippen LogP) is -0.437. The Hall–Kier alpha value is -0.610. The van der Waals surface area contributed by atoms with Crippen molar-refractivity contribution in [2.24, 2.45) is 11.7 Å². The van der Waals surface area contributed by atoms with Gasteiger partial charge in [-0.25, -0.2) is 0 Å². The number of nitrogens with zero attached hydrogens (tertiary/aromatic N) is 1. The highest BCUT2D eigenvalue weighted by atomic mass is 16.3. The lowest BCUT2D eigenvalue weighted by Gasteiger charge is -2.22. The third kappa shape index (κ3) is 2.42. The standard InChI is InChI=1S/C9H18N2O2/c1-6(2)8(12)5-11-4-3-7(10)9(11)13/h6-8,12H,3-5,10H2,1-2H3. The zero-order valence-corrected chi connectivity index (χ0v) is 8.23. The van der Waals surface area contributed by atoms with Gasteiger partial charge >= 0.3 is 0 Å². The van der Waals surface area contributed by atoms with Gasteiger partial charge in [-0.15, -0.1) is 0 Å². The Morgan fingerprint density at radius 1 is 1.69 bits per heavy atom. The maximum Gasteiger partial charge on any atom is 0.239 e. The van der Waals surface area contributed by atoms with Gasteiger partial charge in [-0.3, -0.25) is 4.79 Å². The van der Waals surface area contributed by atoms with E-state index in [9.17, 15) is 9.90 Å². The highest BCUT2D eigenvalue weighted by Gasteiger charge is 2.30. The molecule has 0 bridgehead atoms. The van der Waals surface area contributed by atoms with Gasteiger partial charge in [-0.1, -0.05) is 13.8 Å². The fourth-order valence-corrected chi connectivity index (χ4v) is 1.38. The lowest BCUT2D eigenvalue weighted by atomic mass is 10.1. The van der Waals surface area contributed by atoms with Gasteiger partial charge in [0.1, 0.15) is 0 Å². The molecule has 76 valence electrons. The van der Waals surface area contributed by atoms with Gasteiger partial charge in [0, 0.05) is 13.1 Å².